The van der Waals surface area contributed by atoms with Gasteiger partial charge in [-0.25, -0.2) is 0 Å². The number of nitrogens with two attached hydrogens (primary N) is 2. The van der Waals surface area contributed by atoms with E-state index in [0.717, 1.165) is 35.8 Å². The molecule has 4 nitrogen and oxygen atoms in total. The van der Waals surface area contributed by atoms with E-state index in [-0.39, 0.29) is 0 Å². The van der Waals surface area contributed by atoms with Crippen LogP contribution >= 0.6 is 0 Å². The van der Waals surface area contributed by atoms with Gasteiger partial charge in [0.1, 0.15) is 23.0 Å². The molecule has 4 N–H and O–H groups in total. The van der Waals surface area contributed by atoms with Crippen molar-refractivity contribution in [2.24, 2.45) is 0 Å². The summed E-state index contributed by atoms with van der Waals surface area (Å²) in [6.45, 7) is 0. The van der Waals surface area contributed by atoms with E-state index in [1.807, 2.05) is 72.8 Å². The van der Waals surface area contributed by atoms with E-state index >= 15 is 0 Å². The van der Waals surface area contributed by atoms with Gasteiger partial charge in [-0.15, -0.1) is 0 Å². The van der Waals surface area contributed by atoms with Crippen molar-refractivity contribution in [1.82, 2.24) is 0 Å². The van der Waals surface area contributed by atoms with E-state index in [1.54, 1.807) is 0 Å². The number of hydrogen-bond acceptors (Lipinski definition) is 4. The topological polar surface area (TPSA) is 70.5 Å². The molecule has 0 aromatic heterocycles. The fraction of sp³-hybridized carbons (Fsp3) is 0.0625. The first-order valence-corrected chi connectivity index (χ1v) is 11.9. The monoisotopic (exact) mass is 472 g/mol. The Morgan fingerprint density at radius 1 is 0.389 bits per heavy atom. The molecular formula is C32H28N2O2. The van der Waals surface area contributed by atoms with Crippen molar-refractivity contribution >= 4 is 11.4 Å². The number of benzene rings is 5. The summed E-state index contributed by atoms with van der Waals surface area (Å²) in [5, 5.41) is 0. The SMILES string of the molecule is Nc1cccc(Oc2cccc(Cc3cccc(Cc4cccc(Oc5cccc(N)c5)c4)c3)c2)c1. The Hall–Kier alpha value is -4.70. The lowest BCUT2D eigenvalue weighted by molar-refractivity contribution is 0.482. The molecule has 0 radical (unpaired) electrons. The summed E-state index contributed by atoms with van der Waals surface area (Å²) in [5.41, 5.74) is 18.0. The molecule has 0 aliphatic rings. The predicted octanol–water partition coefficient (Wildman–Crippen LogP) is 7.62. The van der Waals surface area contributed by atoms with Gasteiger partial charge in [0, 0.05) is 23.5 Å². The third kappa shape index (κ3) is 6.24. The number of ether oxygens (including phenoxy) is 2. The van der Waals surface area contributed by atoms with Crippen LogP contribution in [0.2, 0.25) is 0 Å². The molecule has 0 heterocycles. The van der Waals surface area contributed by atoms with Crippen molar-refractivity contribution in [2.75, 3.05) is 11.5 Å². The Kier molecular flexibility index (Phi) is 6.86. The second kappa shape index (κ2) is 10.7. The van der Waals surface area contributed by atoms with E-state index in [9.17, 15) is 0 Å². The van der Waals surface area contributed by atoms with Crippen molar-refractivity contribution < 1.29 is 9.47 Å². The van der Waals surface area contributed by atoms with E-state index in [2.05, 4.69) is 48.5 Å². The fourth-order valence-corrected chi connectivity index (χ4v) is 4.19. The molecule has 0 aliphatic heterocycles. The molecule has 4 heteroatoms. The maximum Gasteiger partial charge on any atom is 0.129 e. The minimum atomic E-state index is 0.683. The molecule has 178 valence electrons. The molecule has 0 saturated carbocycles. The molecule has 0 bridgehead atoms. The highest BCUT2D eigenvalue weighted by molar-refractivity contribution is 5.47. The number of hydrogen-bond donors (Lipinski definition) is 2. The van der Waals surface area contributed by atoms with Crippen LogP contribution in [0.3, 0.4) is 0 Å². The minimum absolute atomic E-state index is 0.683. The average molecular weight is 473 g/mol. The van der Waals surface area contributed by atoms with Gasteiger partial charge in [0.25, 0.3) is 0 Å². The molecule has 0 spiro atoms. The maximum absolute atomic E-state index is 6.00. The quantitative estimate of drug-likeness (QED) is 0.228. The number of nitrogen functional groups attached to an aromatic ring is 2. The van der Waals surface area contributed by atoms with Crippen LogP contribution in [-0.4, -0.2) is 0 Å². The first-order chi connectivity index (χ1) is 17.6. The van der Waals surface area contributed by atoms with Gasteiger partial charge in [0.2, 0.25) is 0 Å². The summed E-state index contributed by atoms with van der Waals surface area (Å²) in [5.74, 6) is 3.06. The van der Waals surface area contributed by atoms with Gasteiger partial charge in [-0.2, -0.15) is 0 Å². The summed E-state index contributed by atoms with van der Waals surface area (Å²) >= 11 is 0. The maximum atomic E-state index is 6.00. The molecule has 5 aromatic carbocycles. The van der Waals surface area contributed by atoms with Crippen LogP contribution < -0.4 is 20.9 Å². The molecule has 0 fully saturated rings. The van der Waals surface area contributed by atoms with Crippen molar-refractivity contribution in [3.63, 3.8) is 0 Å². The van der Waals surface area contributed by atoms with Gasteiger partial charge >= 0.3 is 0 Å². The highest BCUT2D eigenvalue weighted by atomic mass is 16.5. The highest BCUT2D eigenvalue weighted by Crippen LogP contribution is 2.26. The molecule has 0 unspecified atom stereocenters. The molecule has 0 atom stereocenters. The highest BCUT2D eigenvalue weighted by Gasteiger charge is 2.05. The van der Waals surface area contributed by atoms with Crippen molar-refractivity contribution in [3.05, 3.63) is 144 Å². The fourth-order valence-electron chi connectivity index (χ4n) is 4.19. The molecule has 0 amide bonds. The summed E-state index contributed by atoms with van der Waals surface area (Å²) < 4.78 is 12.0. The Morgan fingerprint density at radius 2 is 0.722 bits per heavy atom. The van der Waals surface area contributed by atoms with E-state index in [1.165, 1.54) is 22.3 Å². The lowest BCUT2D eigenvalue weighted by Crippen LogP contribution is -1.94. The first-order valence-electron chi connectivity index (χ1n) is 11.9. The van der Waals surface area contributed by atoms with Crippen LogP contribution in [0.25, 0.3) is 0 Å². The third-order valence-corrected chi connectivity index (χ3v) is 5.79. The molecule has 0 saturated heterocycles. The van der Waals surface area contributed by atoms with E-state index < -0.39 is 0 Å². The summed E-state index contributed by atoms with van der Waals surface area (Å²) in [6.07, 6.45) is 1.64. The van der Waals surface area contributed by atoms with Crippen molar-refractivity contribution in [3.8, 4) is 23.0 Å². The van der Waals surface area contributed by atoms with Crippen LogP contribution in [0.4, 0.5) is 11.4 Å². The summed E-state index contributed by atoms with van der Waals surface area (Å²) in [4.78, 5) is 0. The van der Waals surface area contributed by atoms with Gasteiger partial charge in [-0.3, -0.25) is 0 Å². The molecule has 36 heavy (non-hydrogen) atoms. The van der Waals surface area contributed by atoms with Crippen LogP contribution in [0.15, 0.2) is 121 Å². The molecule has 5 aromatic rings. The second-order valence-corrected chi connectivity index (χ2v) is 8.82. The second-order valence-electron chi connectivity index (χ2n) is 8.82. The van der Waals surface area contributed by atoms with Gasteiger partial charge in [0.15, 0.2) is 0 Å². The standard InChI is InChI=1S/C32H28N2O2/c33-27-10-4-14-31(21-27)35-29-12-2-8-25(19-29)17-23-6-1-7-24(16-23)18-26-9-3-13-30(20-26)36-32-15-5-11-28(34)22-32/h1-16,19-22H,17-18,33-34H2. The number of anilines is 2. The van der Waals surface area contributed by atoms with Gasteiger partial charge in [-0.1, -0.05) is 60.7 Å². The van der Waals surface area contributed by atoms with Gasteiger partial charge in [0.05, 0.1) is 0 Å². The lowest BCUT2D eigenvalue weighted by Gasteiger charge is -2.10. The van der Waals surface area contributed by atoms with E-state index in [0.29, 0.717) is 11.4 Å². The van der Waals surface area contributed by atoms with Crippen molar-refractivity contribution in [2.45, 2.75) is 12.8 Å². The summed E-state index contributed by atoms with van der Waals surface area (Å²) in [6, 6.07) is 40.0. The van der Waals surface area contributed by atoms with Crippen LogP contribution in [-0.2, 0) is 12.8 Å². The van der Waals surface area contributed by atoms with Gasteiger partial charge < -0.3 is 20.9 Å². The normalized spacial score (nSPS) is 10.7. The zero-order valence-corrected chi connectivity index (χ0v) is 19.9. The number of rotatable bonds is 8. The Bertz CT molecular complexity index is 1370. The first kappa shape index (κ1) is 23.1. The van der Waals surface area contributed by atoms with Crippen LogP contribution in [0.1, 0.15) is 22.3 Å². The predicted molar refractivity (Wildman–Crippen MR) is 147 cm³/mol. The third-order valence-electron chi connectivity index (χ3n) is 5.79. The van der Waals surface area contributed by atoms with Crippen molar-refractivity contribution in [1.29, 1.82) is 0 Å². The largest absolute Gasteiger partial charge is 0.457 e. The minimum Gasteiger partial charge on any atom is -0.457 e. The Balaban J connectivity index is 1.26. The smallest absolute Gasteiger partial charge is 0.129 e. The van der Waals surface area contributed by atoms with E-state index in [4.69, 9.17) is 20.9 Å². The average Bonchev–Trinajstić information content (AvgIpc) is 2.85. The summed E-state index contributed by atoms with van der Waals surface area (Å²) in [7, 11) is 0. The lowest BCUT2D eigenvalue weighted by atomic mass is 9.99. The molecular weight excluding hydrogens is 444 g/mol. The van der Waals surface area contributed by atoms with Gasteiger partial charge in [-0.05, 0) is 83.6 Å². The Morgan fingerprint density at radius 3 is 1.14 bits per heavy atom. The Labute approximate surface area is 211 Å². The van der Waals surface area contributed by atoms with Crippen LogP contribution in [0, 0.1) is 0 Å². The zero-order valence-electron chi connectivity index (χ0n) is 19.9. The van der Waals surface area contributed by atoms with Crippen LogP contribution in [0.5, 0.6) is 23.0 Å². The molecule has 0 aliphatic carbocycles. The zero-order chi connectivity index (χ0) is 24.7. The molecule has 5 rings (SSSR count).